The van der Waals surface area contributed by atoms with Gasteiger partial charge in [-0.2, -0.15) is 0 Å². The van der Waals surface area contributed by atoms with Crippen LogP contribution in [0, 0.1) is 0 Å². The molecule has 0 aliphatic rings. The molecule has 0 aromatic heterocycles. The maximum Gasteiger partial charge on any atom is 0.325 e. The average Bonchev–Trinajstić information content (AvgIpc) is 2.42. The summed E-state index contributed by atoms with van der Waals surface area (Å²) in [5.74, 6) is -0.262. The number of nitrogen functional groups attached to an aromatic ring is 1. The number of carbonyl (C=O) groups excluding carboxylic acids is 2. The number of likely N-dealkylation sites (N-methyl/N-ethyl adjacent to an activating group) is 1. The van der Waals surface area contributed by atoms with Gasteiger partial charge in [0.15, 0.2) is 0 Å². The van der Waals surface area contributed by atoms with Crippen molar-refractivity contribution in [1.29, 1.82) is 0 Å². The van der Waals surface area contributed by atoms with Gasteiger partial charge in [0.25, 0.3) is 5.91 Å². The molecule has 104 valence electrons. The molecular weight excluding hydrogens is 248 g/mol. The van der Waals surface area contributed by atoms with Crippen LogP contribution in [0.4, 0.5) is 5.69 Å². The Morgan fingerprint density at radius 2 is 1.95 bits per heavy atom. The first kappa shape index (κ1) is 14.8. The second-order valence-corrected chi connectivity index (χ2v) is 3.89. The highest BCUT2D eigenvalue weighted by Crippen LogP contribution is 2.19. The molecule has 0 radical (unpaired) electrons. The Morgan fingerprint density at radius 3 is 2.47 bits per heavy atom. The molecule has 0 saturated heterocycles. The van der Waals surface area contributed by atoms with E-state index in [1.165, 1.54) is 19.1 Å². The average molecular weight is 266 g/mol. The summed E-state index contributed by atoms with van der Waals surface area (Å²) in [5.41, 5.74) is 6.50. The number of nitrogens with zero attached hydrogens (tertiary/aromatic N) is 1. The van der Waals surface area contributed by atoms with Crippen molar-refractivity contribution in [2.45, 2.75) is 6.92 Å². The lowest BCUT2D eigenvalue weighted by Gasteiger charge is -2.19. The van der Waals surface area contributed by atoms with Crippen LogP contribution in [0.25, 0.3) is 0 Å². The number of esters is 1. The van der Waals surface area contributed by atoms with Gasteiger partial charge in [-0.15, -0.1) is 0 Å². The first-order valence-corrected chi connectivity index (χ1v) is 5.82. The Balaban J connectivity index is 2.96. The molecule has 6 nitrogen and oxygen atoms in total. The minimum atomic E-state index is -0.467. The smallest absolute Gasteiger partial charge is 0.325 e. The molecule has 0 saturated carbocycles. The molecule has 1 amide bonds. The third-order valence-corrected chi connectivity index (χ3v) is 2.63. The van der Waals surface area contributed by atoms with E-state index < -0.39 is 5.97 Å². The third kappa shape index (κ3) is 3.87. The van der Waals surface area contributed by atoms with Crippen LogP contribution in [0.15, 0.2) is 18.2 Å². The molecule has 0 fully saturated rings. The normalized spacial score (nSPS) is 9.84. The molecule has 0 unspecified atom stereocenters. The summed E-state index contributed by atoms with van der Waals surface area (Å²) in [4.78, 5) is 24.9. The van der Waals surface area contributed by atoms with Crippen LogP contribution in [-0.2, 0) is 9.53 Å². The number of amides is 1. The Kier molecular flexibility index (Phi) is 5.17. The maximum atomic E-state index is 12.3. The van der Waals surface area contributed by atoms with Crippen molar-refractivity contribution >= 4 is 17.6 Å². The van der Waals surface area contributed by atoms with Crippen LogP contribution in [0.3, 0.4) is 0 Å². The van der Waals surface area contributed by atoms with Crippen molar-refractivity contribution in [3.63, 3.8) is 0 Å². The summed E-state index contributed by atoms with van der Waals surface area (Å²) in [6, 6.07) is 4.75. The van der Waals surface area contributed by atoms with E-state index in [-0.39, 0.29) is 12.5 Å². The molecular formula is C13H18N2O4. The molecule has 1 aromatic carbocycles. The SMILES string of the molecule is CCN(CC(=O)OC)C(=O)c1cc(N)cc(OC)c1. The van der Waals surface area contributed by atoms with Crippen molar-refractivity contribution in [1.82, 2.24) is 4.90 Å². The van der Waals surface area contributed by atoms with Crippen LogP contribution < -0.4 is 10.5 Å². The lowest BCUT2D eigenvalue weighted by Crippen LogP contribution is -2.36. The van der Waals surface area contributed by atoms with Crippen molar-refractivity contribution in [3.8, 4) is 5.75 Å². The molecule has 0 bridgehead atoms. The Bertz CT molecular complexity index is 474. The number of rotatable bonds is 5. The van der Waals surface area contributed by atoms with Gasteiger partial charge in [0.1, 0.15) is 12.3 Å². The second kappa shape index (κ2) is 6.63. The highest BCUT2D eigenvalue weighted by Gasteiger charge is 2.18. The minimum Gasteiger partial charge on any atom is -0.497 e. The van der Waals surface area contributed by atoms with Crippen LogP contribution in [0.5, 0.6) is 5.75 Å². The minimum absolute atomic E-state index is 0.0943. The monoisotopic (exact) mass is 266 g/mol. The number of hydrogen-bond donors (Lipinski definition) is 1. The Labute approximate surface area is 112 Å². The summed E-state index contributed by atoms with van der Waals surface area (Å²) < 4.78 is 9.61. The predicted molar refractivity (Wildman–Crippen MR) is 71.0 cm³/mol. The zero-order chi connectivity index (χ0) is 14.4. The topological polar surface area (TPSA) is 81.9 Å². The van der Waals surface area contributed by atoms with Gasteiger partial charge in [-0.3, -0.25) is 9.59 Å². The molecule has 19 heavy (non-hydrogen) atoms. The van der Waals surface area contributed by atoms with Gasteiger partial charge < -0.3 is 20.1 Å². The zero-order valence-corrected chi connectivity index (χ0v) is 11.3. The summed E-state index contributed by atoms with van der Waals surface area (Å²) in [6.07, 6.45) is 0. The highest BCUT2D eigenvalue weighted by molar-refractivity contribution is 5.97. The van der Waals surface area contributed by atoms with Crippen molar-refractivity contribution in [3.05, 3.63) is 23.8 Å². The van der Waals surface area contributed by atoms with E-state index in [4.69, 9.17) is 10.5 Å². The molecule has 0 aliphatic heterocycles. The number of hydrogen-bond acceptors (Lipinski definition) is 5. The molecule has 6 heteroatoms. The van der Waals surface area contributed by atoms with Crippen molar-refractivity contribution < 1.29 is 19.1 Å². The van der Waals surface area contributed by atoms with Gasteiger partial charge >= 0.3 is 5.97 Å². The van der Waals surface area contributed by atoms with Gasteiger partial charge in [0.05, 0.1) is 14.2 Å². The zero-order valence-electron chi connectivity index (χ0n) is 11.3. The van der Waals surface area contributed by atoms with Gasteiger partial charge in [-0.25, -0.2) is 0 Å². The van der Waals surface area contributed by atoms with Gasteiger partial charge in [0.2, 0.25) is 0 Å². The van der Waals surface area contributed by atoms with Crippen LogP contribution in [0.2, 0.25) is 0 Å². The van der Waals surface area contributed by atoms with Gasteiger partial charge in [0, 0.05) is 23.9 Å². The maximum absolute atomic E-state index is 12.3. The number of ether oxygens (including phenoxy) is 2. The molecule has 0 aliphatic carbocycles. The molecule has 2 N–H and O–H groups in total. The van der Waals surface area contributed by atoms with Crippen LogP contribution in [-0.4, -0.2) is 44.1 Å². The van der Waals surface area contributed by atoms with Crippen LogP contribution >= 0.6 is 0 Å². The van der Waals surface area contributed by atoms with Crippen molar-refractivity contribution in [2.75, 3.05) is 33.0 Å². The highest BCUT2D eigenvalue weighted by atomic mass is 16.5. The summed E-state index contributed by atoms with van der Waals surface area (Å²) >= 11 is 0. The second-order valence-electron chi connectivity index (χ2n) is 3.89. The van der Waals surface area contributed by atoms with E-state index in [1.807, 2.05) is 0 Å². The van der Waals surface area contributed by atoms with Crippen molar-refractivity contribution in [2.24, 2.45) is 0 Å². The van der Waals surface area contributed by atoms with Crippen LogP contribution in [0.1, 0.15) is 17.3 Å². The molecule has 1 rings (SSSR count). The number of anilines is 1. The Hall–Kier alpha value is -2.24. The number of nitrogens with two attached hydrogens (primary N) is 1. The summed E-state index contributed by atoms with van der Waals surface area (Å²) in [5, 5.41) is 0. The first-order valence-electron chi connectivity index (χ1n) is 5.82. The largest absolute Gasteiger partial charge is 0.497 e. The van der Waals surface area contributed by atoms with E-state index in [0.717, 1.165) is 0 Å². The van der Waals surface area contributed by atoms with E-state index >= 15 is 0 Å². The quantitative estimate of drug-likeness (QED) is 0.633. The fourth-order valence-electron chi connectivity index (χ4n) is 1.59. The summed E-state index contributed by atoms with van der Waals surface area (Å²) in [6.45, 7) is 2.08. The molecule has 0 heterocycles. The standard InChI is InChI=1S/C13H18N2O4/c1-4-15(8-12(16)19-3)13(17)9-5-10(14)7-11(6-9)18-2/h5-7H,4,8,14H2,1-3H3. The molecule has 1 aromatic rings. The number of benzene rings is 1. The van der Waals surface area contributed by atoms with E-state index in [2.05, 4.69) is 4.74 Å². The number of methoxy groups -OCH3 is 2. The molecule has 0 atom stereocenters. The lowest BCUT2D eigenvalue weighted by atomic mass is 10.1. The first-order chi connectivity index (χ1) is 9.01. The number of carbonyl (C=O) groups is 2. The van der Waals surface area contributed by atoms with Gasteiger partial charge in [-0.1, -0.05) is 0 Å². The summed E-state index contributed by atoms with van der Waals surface area (Å²) in [7, 11) is 2.78. The van der Waals surface area contributed by atoms with Gasteiger partial charge in [-0.05, 0) is 19.1 Å². The lowest BCUT2D eigenvalue weighted by molar-refractivity contribution is -0.141. The third-order valence-electron chi connectivity index (χ3n) is 2.63. The fraction of sp³-hybridized carbons (Fsp3) is 0.385. The fourth-order valence-corrected chi connectivity index (χ4v) is 1.59. The molecule has 0 spiro atoms. The van der Waals surface area contributed by atoms with E-state index in [1.54, 1.807) is 25.1 Å². The Morgan fingerprint density at radius 1 is 1.26 bits per heavy atom. The van der Waals surface area contributed by atoms with E-state index in [9.17, 15) is 9.59 Å². The predicted octanol–water partition coefficient (Wildman–Crippen LogP) is 0.912. The van der Waals surface area contributed by atoms with E-state index in [0.29, 0.717) is 23.5 Å².